The third-order valence-electron chi connectivity index (χ3n) is 2.85. The van der Waals surface area contributed by atoms with Crippen molar-refractivity contribution in [3.63, 3.8) is 0 Å². The van der Waals surface area contributed by atoms with Gasteiger partial charge in [0.2, 0.25) is 5.91 Å². The molecule has 18 heavy (non-hydrogen) atoms. The van der Waals surface area contributed by atoms with Crippen molar-refractivity contribution in [2.45, 2.75) is 32.9 Å². The van der Waals surface area contributed by atoms with Gasteiger partial charge in [0.25, 0.3) is 0 Å². The van der Waals surface area contributed by atoms with E-state index < -0.39 is 0 Å². The van der Waals surface area contributed by atoms with Crippen molar-refractivity contribution in [1.29, 1.82) is 0 Å². The highest BCUT2D eigenvalue weighted by Crippen LogP contribution is 2.24. The van der Waals surface area contributed by atoms with Crippen LogP contribution in [0.3, 0.4) is 0 Å². The molecule has 1 amide bonds. The Morgan fingerprint density at radius 1 is 1.33 bits per heavy atom. The van der Waals surface area contributed by atoms with E-state index in [1.54, 1.807) is 7.11 Å². The molecule has 0 aliphatic carbocycles. The first kappa shape index (κ1) is 14.5. The Labute approximate surface area is 109 Å². The number of amides is 1. The SMILES string of the molecule is CCNC(=O)C(C)NC(C)c1ccccc1OC. The van der Waals surface area contributed by atoms with Crippen LogP contribution in [0.5, 0.6) is 5.75 Å². The number of benzene rings is 1. The molecule has 1 aromatic rings. The summed E-state index contributed by atoms with van der Waals surface area (Å²) in [5, 5.41) is 6.06. The number of carbonyl (C=O) groups excluding carboxylic acids is 1. The molecule has 1 rings (SSSR count). The lowest BCUT2D eigenvalue weighted by Gasteiger charge is -2.21. The summed E-state index contributed by atoms with van der Waals surface area (Å²) in [7, 11) is 1.65. The molecule has 2 atom stereocenters. The summed E-state index contributed by atoms with van der Waals surface area (Å²) < 4.78 is 5.32. The van der Waals surface area contributed by atoms with E-state index in [2.05, 4.69) is 10.6 Å². The molecule has 0 bridgehead atoms. The Morgan fingerprint density at radius 2 is 2.00 bits per heavy atom. The fraction of sp³-hybridized carbons (Fsp3) is 0.500. The predicted molar refractivity (Wildman–Crippen MR) is 72.7 cm³/mol. The van der Waals surface area contributed by atoms with Gasteiger partial charge in [0, 0.05) is 18.2 Å². The van der Waals surface area contributed by atoms with Crippen LogP contribution in [0, 0.1) is 0 Å². The summed E-state index contributed by atoms with van der Waals surface area (Å²) >= 11 is 0. The first-order valence-corrected chi connectivity index (χ1v) is 6.26. The second-order valence-corrected chi connectivity index (χ2v) is 4.25. The van der Waals surface area contributed by atoms with Crippen LogP contribution in [-0.2, 0) is 4.79 Å². The van der Waals surface area contributed by atoms with Gasteiger partial charge in [-0.25, -0.2) is 0 Å². The van der Waals surface area contributed by atoms with E-state index in [0.29, 0.717) is 6.54 Å². The Balaban J connectivity index is 2.70. The van der Waals surface area contributed by atoms with Gasteiger partial charge >= 0.3 is 0 Å². The van der Waals surface area contributed by atoms with E-state index in [0.717, 1.165) is 11.3 Å². The minimum Gasteiger partial charge on any atom is -0.496 e. The standard InChI is InChI=1S/C14H22N2O2/c1-5-15-14(17)11(3)16-10(2)12-8-6-7-9-13(12)18-4/h6-11,16H,5H2,1-4H3,(H,15,17). The van der Waals surface area contributed by atoms with E-state index in [1.165, 1.54) is 0 Å². The highest BCUT2D eigenvalue weighted by Gasteiger charge is 2.17. The Kier molecular flexibility index (Phi) is 5.65. The van der Waals surface area contributed by atoms with Crippen molar-refractivity contribution in [2.24, 2.45) is 0 Å². The zero-order valence-electron chi connectivity index (χ0n) is 11.5. The van der Waals surface area contributed by atoms with E-state index in [1.807, 2.05) is 45.0 Å². The topological polar surface area (TPSA) is 50.4 Å². The van der Waals surface area contributed by atoms with Crippen LogP contribution in [-0.4, -0.2) is 25.6 Å². The molecule has 0 saturated carbocycles. The van der Waals surface area contributed by atoms with Gasteiger partial charge in [-0.05, 0) is 26.8 Å². The highest BCUT2D eigenvalue weighted by molar-refractivity contribution is 5.81. The highest BCUT2D eigenvalue weighted by atomic mass is 16.5. The molecular formula is C14H22N2O2. The Bertz CT molecular complexity index is 393. The number of hydrogen-bond donors (Lipinski definition) is 2. The lowest BCUT2D eigenvalue weighted by Crippen LogP contribution is -2.43. The van der Waals surface area contributed by atoms with Crippen molar-refractivity contribution in [3.8, 4) is 5.75 Å². The smallest absolute Gasteiger partial charge is 0.236 e. The van der Waals surface area contributed by atoms with Gasteiger partial charge < -0.3 is 10.1 Å². The first-order chi connectivity index (χ1) is 8.60. The Morgan fingerprint density at radius 3 is 2.61 bits per heavy atom. The molecule has 0 radical (unpaired) electrons. The van der Waals surface area contributed by atoms with E-state index in [4.69, 9.17) is 4.74 Å². The summed E-state index contributed by atoms with van der Waals surface area (Å²) in [6, 6.07) is 7.64. The molecule has 0 aliphatic heterocycles. The van der Waals surface area contributed by atoms with Gasteiger partial charge in [0.15, 0.2) is 0 Å². The van der Waals surface area contributed by atoms with Gasteiger partial charge in [-0.1, -0.05) is 18.2 Å². The van der Waals surface area contributed by atoms with Gasteiger partial charge in [0.1, 0.15) is 5.75 Å². The zero-order chi connectivity index (χ0) is 13.5. The summed E-state index contributed by atoms with van der Waals surface area (Å²) in [5.74, 6) is 0.847. The monoisotopic (exact) mass is 250 g/mol. The maximum Gasteiger partial charge on any atom is 0.236 e. The number of ether oxygens (including phenoxy) is 1. The second-order valence-electron chi connectivity index (χ2n) is 4.25. The maximum atomic E-state index is 11.7. The lowest BCUT2D eigenvalue weighted by molar-refractivity contribution is -0.122. The van der Waals surface area contributed by atoms with Crippen molar-refractivity contribution in [1.82, 2.24) is 10.6 Å². The number of rotatable bonds is 6. The zero-order valence-corrected chi connectivity index (χ0v) is 11.5. The van der Waals surface area contributed by atoms with Crippen LogP contribution < -0.4 is 15.4 Å². The van der Waals surface area contributed by atoms with E-state index >= 15 is 0 Å². The molecule has 2 unspecified atom stereocenters. The molecule has 0 heterocycles. The number of likely N-dealkylation sites (N-methyl/N-ethyl adjacent to an activating group) is 1. The molecular weight excluding hydrogens is 228 g/mol. The fourth-order valence-corrected chi connectivity index (χ4v) is 1.89. The second kappa shape index (κ2) is 7.01. The van der Waals surface area contributed by atoms with Crippen LogP contribution in [0.2, 0.25) is 0 Å². The lowest BCUT2D eigenvalue weighted by atomic mass is 10.1. The van der Waals surface area contributed by atoms with Crippen molar-refractivity contribution in [2.75, 3.05) is 13.7 Å². The molecule has 0 fully saturated rings. The quantitative estimate of drug-likeness (QED) is 0.810. The molecule has 4 heteroatoms. The molecule has 100 valence electrons. The minimum atomic E-state index is -0.232. The van der Waals surface area contributed by atoms with Crippen LogP contribution in [0.4, 0.5) is 0 Å². The van der Waals surface area contributed by atoms with Crippen LogP contribution in [0.15, 0.2) is 24.3 Å². The van der Waals surface area contributed by atoms with Crippen LogP contribution in [0.25, 0.3) is 0 Å². The van der Waals surface area contributed by atoms with Crippen molar-refractivity contribution < 1.29 is 9.53 Å². The molecule has 0 spiro atoms. The molecule has 0 aliphatic rings. The van der Waals surface area contributed by atoms with Gasteiger partial charge in [-0.15, -0.1) is 0 Å². The van der Waals surface area contributed by atoms with Crippen LogP contribution >= 0.6 is 0 Å². The predicted octanol–water partition coefficient (Wildman–Crippen LogP) is 1.87. The van der Waals surface area contributed by atoms with Crippen molar-refractivity contribution in [3.05, 3.63) is 29.8 Å². The normalized spacial score (nSPS) is 13.8. The summed E-state index contributed by atoms with van der Waals surface area (Å²) in [6.45, 7) is 6.44. The molecule has 0 saturated heterocycles. The van der Waals surface area contributed by atoms with Crippen LogP contribution in [0.1, 0.15) is 32.4 Å². The first-order valence-electron chi connectivity index (χ1n) is 6.26. The number of methoxy groups -OCH3 is 1. The Hall–Kier alpha value is -1.55. The number of carbonyl (C=O) groups is 1. The minimum absolute atomic E-state index is 0.0132. The maximum absolute atomic E-state index is 11.7. The molecule has 2 N–H and O–H groups in total. The van der Waals surface area contributed by atoms with Gasteiger partial charge in [-0.3, -0.25) is 10.1 Å². The number of hydrogen-bond acceptors (Lipinski definition) is 3. The third kappa shape index (κ3) is 3.74. The van der Waals surface area contributed by atoms with E-state index in [-0.39, 0.29) is 18.0 Å². The number of para-hydroxylation sites is 1. The summed E-state index contributed by atoms with van der Waals surface area (Å²) in [5.41, 5.74) is 1.05. The average molecular weight is 250 g/mol. The van der Waals surface area contributed by atoms with Gasteiger partial charge in [0.05, 0.1) is 13.2 Å². The molecule has 1 aromatic carbocycles. The number of nitrogens with one attached hydrogen (secondary N) is 2. The molecule has 0 aromatic heterocycles. The molecule has 4 nitrogen and oxygen atoms in total. The summed E-state index contributed by atoms with van der Waals surface area (Å²) in [6.07, 6.45) is 0. The van der Waals surface area contributed by atoms with Gasteiger partial charge in [-0.2, -0.15) is 0 Å². The largest absolute Gasteiger partial charge is 0.496 e. The van der Waals surface area contributed by atoms with Crippen molar-refractivity contribution >= 4 is 5.91 Å². The fourth-order valence-electron chi connectivity index (χ4n) is 1.89. The summed E-state index contributed by atoms with van der Waals surface area (Å²) in [4.78, 5) is 11.7. The third-order valence-corrected chi connectivity index (χ3v) is 2.85. The average Bonchev–Trinajstić information content (AvgIpc) is 2.38. The van der Waals surface area contributed by atoms with E-state index in [9.17, 15) is 4.79 Å².